The molecule has 1 aliphatic rings. The molecule has 0 aromatic rings. The molecule has 0 unspecified atom stereocenters. The molecule has 1 N–H and O–H groups in total. The van der Waals surface area contributed by atoms with Crippen LogP contribution >= 0.6 is 0 Å². The topological polar surface area (TPSA) is 55.4 Å². The highest BCUT2D eigenvalue weighted by molar-refractivity contribution is 5.85. The smallest absolute Gasteiger partial charge is 0.328 e. The van der Waals surface area contributed by atoms with Crippen molar-refractivity contribution in [1.82, 2.24) is 5.32 Å². The minimum absolute atomic E-state index is 0.00523. The fraction of sp³-hybridized carbons (Fsp3) is 0.846. The van der Waals surface area contributed by atoms with Crippen LogP contribution in [-0.4, -0.2) is 24.5 Å². The Kier molecular flexibility index (Phi) is 6.01. The second kappa shape index (κ2) is 7.30. The van der Waals surface area contributed by atoms with Gasteiger partial charge in [-0.1, -0.05) is 26.2 Å². The minimum Gasteiger partial charge on any atom is -0.464 e. The van der Waals surface area contributed by atoms with E-state index in [0.29, 0.717) is 6.61 Å². The number of nitrogens with one attached hydrogen (secondary N) is 1. The number of ether oxygens (including phenoxy) is 1. The van der Waals surface area contributed by atoms with Crippen LogP contribution < -0.4 is 5.32 Å². The fourth-order valence-electron chi connectivity index (χ4n) is 2.08. The Morgan fingerprint density at radius 3 is 2.53 bits per heavy atom. The third kappa shape index (κ3) is 4.75. The summed E-state index contributed by atoms with van der Waals surface area (Å²) in [5.41, 5.74) is 0. The van der Waals surface area contributed by atoms with E-state index < -0.39 is 6.04 Å². The van der Waals surface area contributed by atoms with Gasteiger partial charge in [-0.2, -0.15) is 0 Å². The molecule has 0 bridgehead atoms. The van der Waals surface area contributed by atoms with Gasteiger partial charge in [0.05, 0.1) is 6.61 Å². The van der Waals surface area contributed by atoms with Crippen molar-refractivity contribution in [3.8, 4) is 0 Å². The summed E-state index contributed by atoms with van der Waals surface area (Å²) in [6.07, 6.45) is 6.15. The molecule has 1 aliphatic carbocycles. The Balaban J connectivity index is 2.31. The molecule has 1 amide bonds. The van der Waals surface area contributed by atoms with E-state index in [4.69, 9.17) is 4.74 Å². The van der Waals surface area contributed by atoms with E-state index in [0.717, 1.165) is 32.1 Å². The molecule has 1 atom stereocenters. The fourth-order valence-corrected chi connectivity index (χ4v) is 2.08. The SMILES string of the molecule is CCCOC(=O)[C@H](C)NC(=O)C1CCCCC1. The zero-order chi connectivity index (χ0) is 12.7. The van der Waals surface area contributed by atoms with E-state index in [1.807, 2.05) is 6.92 Å². The van der Waals surface area contributed by atoms with Crippen LogP contribution in [0.5, 0.6) is 0 Å². The number of amides is 1. The van der Waals surface area contributed by atoms with E-state index in [-0.39, 0.29) is 17.8 Å². The molecule has 0 saturated heterocycles. The Labute approximate surface area is 103 Å². The summed E-state index contributed by atoms with van der Waals surface area (Å²) >= 11 is 0. The van der Waals surface area contributed by atoms with Crippen molar-refractivity contribution in [3.63, 3.8) is 0 Å². The average molecular weight is 241 g/mol. The molecule has 1 fully saturated rings. The molecule has 1 saturated carbocycles. The third-order valence-corrected chi connectivity index (χ3v) is 3.14. The number of rotatable bonds is 5. The lowest BCUT2D eigenvalue weighted by Gasteiger charge is -2.22. The monoisotopic (exact) mass is 241 g/mol. The predicted octanol–water partition coefficient (Wildman–Crippen LogP) is 2.02. The van der Waals surface area contributed by atoms with Gasteiger partial charge in [0.2, 0.25) is 5.91 Å². The number of carbonyl (C=O) groups is 2. The number of hydrogen-bond donors (Lipinski definition) is 1. The molecular formula is C13H23NO3. The molecule has 17 heavy (non-hydrogen) atoms. The van der Waals surface area contributed by atoms with Gasteiger partial charge >= 0.3 is 5.97 Å². The summed E-state index contributed by atoms with van der Waals surface area (Å²) < 4.78 is 4.99. The highest BCUT2D eigenvalue weighted by Crippen LogP contribution is 2.23. The molecule has 0 aromatic carbocycles. The van der Waals surface area contributed by atoms with Crippen molar-refractivity contribution in [1.29, 1.82) is 0 Å². The number of esters is 1. The first kappa shape index (κ1) is 14.0. The largest absolute Gasteiger partial charge is 0.464 e. The zero-order valence-corrected chi connectivity index (χ0v) is 10.8. The lowest BCUT2D eigenvalue weighted by Crippen LogP contribution is -2.43. The van der Waals surface area contributed by atoms with Gasteiger partial charge in [-0.3, -0.25) is 4.79 Å². The Morgan fingerprint density at radius 2 is 1.94 bits per heavy atom. The number of hydrogen-bond acceptors (Lipinski definition) is 3. The predicted molar refractivity (Wildman–Crippen MR) is 65.4 cm³/mol. The maximum atomic E-state index is 11.9. The maximum absolute atomic E-state index is 11.9. The van der Waals surface area contributed by atoms with Crippen molar-refractivity contribution in [2.24, 2.45) is 5.92 Å². The van der Waals surface area contributed by atoms with Crippen LogP contribution in [0.2, 0.25) is 0 Å². The third-order valence-electron chi connectivity index (χ3n) is 3.14. The summed E-state index contributed by atoms with van der Waals surface area (Å²) in [6, 6.07) is -0.532. The lowest BCUT2D eigenvalue weighted by molar-refractivity contribution is -0.147. The van der Waals surface area contributed by atoms with Gasteiger partial charge in [-0.15, -0.1) is 0 Å². The van der Waals surface area contributed by atoms with Crippen LogP contribution in [0, 0.1) is 5.92 Å². The molecule has 0 heterocycles. The van der Waals surface area contributed by atoms with Crippen LogP contribution in [0.15, 0.2) is 0 Å². The first-order valence-electron chi connectivity index (χ1n) is 6.62. The molecule has 4 heteroatoms. The van der Waals surface area contributed by atoms with Crippen LogP contribution in [0.25, 0.3) is 0 Å². The van der Waals surface area contributed by atoms with Crippen LogP contribution in [0.3, 0.4) is 0 Å². The lowest BCUT2D eigenvalue weighted by atomic mass is 9.88. The summed E-state index contributed by atoms with van der Waals surface area (Å²) in [7, 11) is 0. The Morgan fingerprint density at radius 1 is 1.29 bits per heavy atom. The maximum Gasteiger partial charge on any atom is 0.328 e. The van der Waals surface area contributed by atoms with Crippen LogP contribution in [0.4, 0.5) is 0 Å². The summed E-state index contributed by atoms with van der Waals surface area (Å²) in [5.74, 6) is -0.244. The van der Waals surface area contributed by atoms with E-state index in [2.05, 4.69) is 5.32 Å². The molecule has 0 aliphatic heterocycles. The molecular weight excluding hydrogens is 218 g/mol. The number of carbonyl (C=O) groups excluding carboxylic acids is 2. The van der Waals surface area contributed by atoms with Gasteiger partial charge in [0, 0.05) is 5.92 Å². The first-order valence-corrected chi connectivity index (χ1v) is 6.62. The molecule has 98 valence electrons. The van der Waals surface area contributed by atoms with Crippen molar-refractivity contribution < 1.29 is 14.3 Å². The highest BCUT2D eigenvalue weighted by atomic mass is 16.5. The van der Waals surface area contributed by atoms with Gasteiger partial charge in [0.25, 0.3) is 0 Å². The van der Waals surface area contributed by atoms with Crippen molar-refractivity contribution in [3.05, 3.63) is 0 Å². The normalized spacial score (nSPS) is 18.5. The summed E-state index contributed by atoms with van der Waals surface area (Å²) in [6.45, 7) is 4.04. The van der Waals surface area contributed by atoms with Crippen LogP contribution in [-0.2, 0) is 14.3 Å². The second-order valence-electron chi connectivity index (χ2n) is 4.73. The van der Waals surface area contributed by atoms with Crippen molar-refractivity contribution in [2.45, 2.75) is 58.4 Å². The standard InChI is InChI=1S/C13H23NO3/c1-3-9-17-13(16)10(2)14-12(15)11-7-5-4-6-8-11/h10-11H,3-9H2,1-2H3,(H,14,15)/t10-/m0/s1. The molecule has 0 spiro atoms. The van der Waals surface area contributed by atoms with E-state index in [1.165, 1.54) is 6.42 Å². The van der Waals surface area contributed by atoms with Gasteiger partial charge in [0.15, 0.2) is 0 Å². The zero-order valence-electron chi connectivity index (χ0n) is 10.8. The van der Waals surface area contributed by atoms with Gasteiger partial charge in [-0.25, -0.2) is 4.79 Å². The molecule has 4 nitrogen and oxygen atoms in total. The quantitative estimate of drug-likeness (QED) is 0.749. The van der Waals surface area contributed by atoms with Gasteiger partial charge in [-0.05, 0) is 26.2 Å². The van der Waals surface area contributed by atoms with Gasteiger partial charge < -0.3 is 10.1 Å². The van der Waals surface area contributed by atoms with E-state index in [9.17, 15) is 9.59 Å². The Bertz CT molecular complexity index is 259. The minimum atomic E-state index is -0.532. The molecule has 0 aromatic heterocycles. The molecule has 0 radical (unpaired) electrons. The van der Waals surface area contributed by atoms with Gasteiger partial charge in [0.1, 0.15) is 6.04 Å². The van der Waals surface area contributed by atoms with Crippen LogP contribution in [0.1, 0.15) is 52.4 Å². The van der Waals surface area contributed by atoms with E-state index in [1.54, 1.807) is 6.92 Å². The van der Waals surface area contributed by atoms with Crippen molar-refractivity contribution >= 4 is 11.9 Å². The summed E-state index contributed by atoms with van der Waals surface area (Å²) in [5, 5.41) is 2.74. The highest BCUT2D eigenvalue weighted by Gasteiger charge is 2.24. The Hall–Kier alpha value is -1.06. The van der Waals surface area contributed by atoms with E-state index >= 15 is 0 Å². The first-order chi connectivity index (χ1) is 8.15. The summed E-state index contributed by atoms with van der Waals surface area (Å²) in [4.78, 5) is 23.4. The second-order valence-corrected chi connectivity index (χ2v) is 4.73. The average Bonchev–Trinajstić information content (AvgIpc) is 2.36. The van der Waals surface area contributed by atoms with Crippen molar-refractivity contribution in [2.75, 3.05) is 6.61 Å². The molecule has 1 rings (SSSR count).